The summed E-state index contributed by atoms with van der Waals surface area (Å²) in [5.41, 5.74) is 0.380. The molecule has 3 saturated heterocycles. The summed E-state index contributed by atoms with van der Waals surface area (Å²) < 4.78 is 13.8. The van der Waals surface area contributed by atoms with Crippen LogP contribution in [0.5, 0.6) is 0 Å². The predicted molar refractivity (Wildman–Crippen MR) is 90.3 cm³/mol. The standard InChI is InChI=1S/C17H19FN4OS/c1-10-14(11-4-7-22(10)8-5-11)21-16(23)17-20-9-13(24-17)12-3-2-6-19-15(12)18/h2-3,6,9-11,14H,4-5,7-8H2,1H3,(H,21,23)/t10-,14-/m0/s1. The SMILES string of the molecule is C[C@H]1[C@H](NC(=O)c2ncc(-c3cccnc3F)s2)C2CCN1CC2. The number of rotatable bonds is 3. The van der Waals surface area contributed by atoms with Crippen molar-refractivity contribution in [3.63, 3.8) is 0 Å². The molecule has 2 atom stereocenters. The van der Waals surface area contributed by atoms with Gasteiger partial charge in [0, 0.05) is 30.0 Å². The van der Waals surface area contributed by atoms with Crippen molar-refractivity contribution in [3.05, 3.63) is 35.5 Å². The fraction of sp³-hybridized carbons (Fsp3) is 0.471. The number of hydrogen-bond donors (Lipinski definition) is 1. The van der Waals surface area contributed by atoms with Crippen molar-refractivity contribution in [2.24, 2.45) is 5.92 Å². The van der Waals surface area contributed by atoms with E-state index in [9.17, 15) is 9.18 Å². The number of hydrogen-bond acceptors (Lipinski definition) is 5. The molecule has 5 rings (SSSR count). The van der Waals surface area contributed by atoms with Gasteiger partial charge in [0.2, 0.25) is 5.95 Å². The second-order valence-electron chi connectivity index (χ2n) is 6.48. The van der Waals surface area contributed by atoms with Crippen LogP contribution in [-0.4, -0.2) is 45.9 Å². The van der Waals surface area contributed by atoms with Crippen LogP contribution in [-0.2, 0) is 0 Å². The molecule has 3 aliphatic rings. The first-order valence-electron chi connectivity index (χ1n) is 8.25. The highest BCUT2D eigenvalue weighted by Gasteiger charge is 2.40. The van der Waals surface area contributed by atoms with Crippen LogP contribution in [0, 0.1) is 11.9 Å². The van der Waals surface area contributed by atoms with E-state index in [4.69, 9.17) is 0 Å². The third-order valence-electron chi connectivity index (χ3n) is 5.20. The third kappa shape index (κ3) is 2.71. The molecule has 0 radical (unpaired) electrons. The number of fused-ring (bicyclic) bond motifs is 3. The largest absolute Gasteiger partial charge is 0.345 e. The molecule has 2 aromatic heterocycles. The highest BCUT2D eigenvalue weighted by atomic mass is 32.1. The normalized spacial score (nSPS) is 28.8. The van der Waals surface area contributed by atoms with Crippen LogP contribution in [0.25, 0.3) is 10.4 Å². The molecule has 2 bridgehead atoms. The van der Waals surface area contributed by atoms with Crippen molar-refractivity contribution in [2.75, 3.05) is 13.1 Å². The maximum atomic E-state index is 13.8. The van der Waals surface area contributed by atoms with Crippen molar-refractivity contribution in [1.29, 1.82) is 0 Å². The summed E-state index contributed by atoms with van der Waals surface area (Å²) in [5, 5.41) is 3.53. The molecule has 2 aromatic rings. The van der Waals surface area contributed by atoms with Crippen LogP contribution in [0.3, 0.4) is 0 Å². The number of carbonyl (C=O) groups is 1. The smallest absolute Gasteiger partial charge is 0.280 e. The number of thiazole rings is 1. The summed E-state index contributed by atoms with van der Waals surface area (Å²) >= 11 is 1.20. The van der Waals surface area contributed by atoms with Crippen LogP contribution in [0.2, 0.25) is 0 Å². The van der Waals surface area contributed by atoms with E-state index in [1.807, 2.05) is 0 Å². The van der Waals surface area contributed by atoms with Crippen molar-refractivity contribution in [2.45, 2.75) is 31.8 Å². The number of piperidine rings is 3. The third-order valence-corrected chi connectivity index (χ3v) is 6.23. The van der Waals surface area contributed by atoms with Crippen molar-refractivity contribution in [1.82, 2.24) is 20.2 Å². The van der Waals surface area contributed by atoms with E-state index in [-0.39, 0.29) is 11.9 Å². The van der Waals surface area contributed by atoms with Gasteiger partial charge in [-0.2, -0.15) is 4.39 Å². The first kappa shape index (κ1) is 15.7. The first-order valence-corrected chi connectivity index (χ1v) is 9.07. The number of aromatic nitrogens is 2. The lowest BCUT2D eigenvalue weighted by Crippen LogP contribution is -2.62. The summed E-state index contributed by atoms with van der Waals surface area (Å²) in [6.07, 6.45) is 5.22. The van der Waals surface area contributed by atoms with Gasteiger partial charge >= 0.3 is 0 Å². The Labute approximate surface area is 143 Å². The Bertz CT molecular complexity index is 755. The van der Waals surface area contributed by atoms with Crippen LogP contribution in [0.4, 0.5) is 4.39 Å². The minimum atomic E-state index is -0.542. The van der Waals surface area contributed by atoms with Gasteiger partial charge in [-0.1, -0.05) is 0 Å². The Morgan fingerprint density at radius 2 is 2.17 bits per heavy atom. The van der Waals surface area contributed by atoms with E-state index in [2.05, 4.69) is 27.1 Å². The molecule has 0 aromatic carbocycles. The molecule has 1 N–H and O–H groups in total. The molecule has 0 spiro atoms. The van der Waals surface area contributed by atoms with Gasteiger partial charge in [0.1, 0.15) is 0 Å². The predicted octanol–water partition coefficient (Wildman–Crippen LogP) is 2.56. The molecule has 0 aliphatic carbocycles. The average Bonchev–Trinajstić information content (AvgIpc) is 3.09. The topological polar surface area (TPSA) is 58.1 Å². The zero-order chi connectivity index (χ0) is 16.7. The van der Waals surface area contributed by atoms with E-state index < -0.39 is 5.95 Å². The molecule has 0 unspecified atom stereocenters. The summed E-state index contributed by atoms with van der Waals surface area (Å²) in [4.78, 5) is 23.5. The van der Waals surface area contributed by atoms with E-state index >= 15 is 0 Å². The number of amides is 1. The molecule has 5 nitrogen and oxygen atoms in total. The highest BCUT2D eigenvalue weighted by Crippen LogP contribution is 2.33. The minimum absolute atomic E-state index is 0.166. The van der Waals surface area contributed by atoms with Crippen LogP contribution >= 0.6 is 11.3 Å². The van der Waals surface area contributed by atoms with Gasteiger partial charge in [-0.3, -0.25) is 9.69 Å². The molecule has 3 fully saturated rings. The van der Waals surface area contributed by atoms with Gasteiger partial charge in [-0.25, -0.2) is 9.97 Å². The van der Waals surface area contributed by atoms with Gasteiger partial charge in [0.25, 0.3) is 5.91 Å². The van der Waals surface area contributed by atoms with Crippen LogP contribution < -0.4 is 5.32 Å². The first-order chi connectivity index (χ1) is 11.6. The van der Waals surface area contributed by atoms with Crippen LogP contribution in [0.15, 0.2) is 24.5 Å². The highest BCUT2D eigenvalue weighted by molar-refractivity contribution is 7.16. The Morgan fingerprint density at radius 1 is 1.38 bits per heavy atom. The molecular formula is C17H19FN4OS. The Morgan fingerprint density at radius 3 is 2.88 bits per heavy atom. The Hall–Kier alpha value is -1.86. The van der Waals surface area contributed by atoms with Crippen molar-refractivity contribution < 1.29 is 9.18 Å². The summed E-state index contributed by atoms with van der Waals surface area (Å²) in [5.74, 6) is -0.163. The fourth-order valence-electron chi connectivity index (χ4n) is 3.83. The molecule has 24 heavy (non-hydrogen) atoms. The van der Waals surface area contributed by atoms with Gasteiger partial charge < -0.3 is 5.32 Å². The molecule has 5 heterocycles. The molecule has 3 aliphatic heterocycles. The maximum Gasteiger partial charge on any atom is 0.280 e. The summed E-state index contributed by atoms with van der Waals surface area (Å²) in [6, 6.07) is 3.85. The van der Waals surface area contributed by atoms with Gasteiger partial charge in [-0.15, -0.1) is 11.3 Å². The number of nitrogens with zero attached hydrogens (tertiary/aromatic N) is 3. The second kappa shape index (κ2) is 6.22. The minimum Gasteiger partial charge on any atom is -0.345 e. The summed E-state index contributed by atoms with van der Waals surface area (Å²) in [6.45, 7) is 4.42. The summed E-state index contributed by atoms with van der Waals surface area (Å²) in [7, 11) is 0. The maximum absolute atomic E-state index is 13.8. The van der Waals surface area contributed by atoms with E-state index in [1.54, 1.807) is 18.3 Å². The van der Waals surface area contributed by atoms with Crippen LogP contribution in [0.1, 0.15) is 29.6 Å². The number of carbonyl (C=O) groups excluding carboxylic acids is 1. The van der Waals surface area contributed by atoms with Crippen molar-refractivity contribution in [3.8, 4) is 10.4 Å². The quantitative estimate of drug-likeness (QED) is 0.868. The molecule has 126 valence electrons. The van der Waals surface area contributed by atoms with E-state index in [0.717, 1.165) is 25.9 Å². The average molecular weight is 346 g/mol. The number of nitrogens with one attached hydrogen (secondary N) is 1. The molecule has 0 saturated carbocycles. The second-order valence-corrected chi connectivity index (χ2v) is 7.52. The monoisotopic (exact) mass is 346 g/mol. The van der Waals surface area contributed by atoms with Gasteiger partial charge in [0.15, 0.2) is 5.01 Å². The molecule has 7 heteroatoms. The Balaban J connectivity index is 1.51. The van der Waals surface area contributed by atoms with Crippen molar-refractivity contribution >= 4 is 17.2 Å². The van der Waals surface area contributed by atoms with E-state index in [0.29, 0.717) is 27.4 Å². The van der Waals surface area contributed by atoms with Gasteiger partial charge in [-0.05, 0) is 50.9 Å². The fourth-order valence-corrected chi connectivity index (χ4v) is 4.66. The Kier molecular flexibility index (Phi) is 4.05. The lowest BCUT2D eigenvalue weighted by Gasteiger charge is -2.49. The number of halogens is 1. The molecular weight excluding hydrogens is 327 g/mol. The number of pyridine rings is 1. The van der Waals surface area contributed by atoms with Gasteiger partial charge in [0.05, 0.1) is 4.88 Å². The zero-order valence-corrected chi connectivity index (χ0v) is 14.2. The zero-order valence-electron chi connectivity index (χ0n) is 13.4. The molecule has 1 amide bonds. The lowest BCUT2D eigenvalue weighted by molar-refractivity contribution is 0.0217. The van der Waals surface area contributed by atoms with E-state index in [1.165, 1.54) is 17.5 Å². The lowest BCUT2D eigenvalue weighted by atomic mass is 9.79.